The molecule has 3 heteroatoms. The number of hydrogen-bond acceptors (Lipinski definition) is 3. The number of aryl methyl sites for hydroxylation is 1. The van der Waals surface area contributed by atoms with Crippen LogP contribution in [0.5, 0.6) is 5.75 Å². The van der Waals surface area contributed by atoms with Crippen molar-refractivity contribution >= 4 is 0 Å². The van der Waals surface area contributed by atoms with Gasteiger partial charge >= 0.3 is 0 Å². The second-order valence-electron chi connectivity index (χ2n) is 4.08. The van der Waals surface area contributed by atoms with Crippen LogP contribution in [0.15, 0.2) is 18.2 Å². The molecular weight excluding hydrogens is 188 g/mol. The van der Waals surface area contributed by atoms with Crippen molar-refractivity contribution in [1.82, 2.24) is 0 Å². The molecule has 0 atom stereocenters. The van der Waals surface area contributed by atoms with Crippen LogP contribution in [0.4, 0.5) is 0 Å². The van der Waals surface area contributed by atoms with E-state index in [9.17, 15) is 0 Å². The van der Waals surface area contributed by atoms with E-state index in [0.29, 0.717) is 11.3 Å². The highest BCUT2D eigenvalue weighted by molar-refractivity contribution is 5.45. The Bertz CT molecular complexity index is 403. The first-order valence-corrected chi connectivity index (χ1v) is 5.12. The molecule has 0 bridgehead atoms. The Morgan fingerprint density at radius 2 is 2.20 bits per heavy atom. The molecule has 0 unspecified atom stereocenters. The minimum atomic E-state index is 0.190. The zero-order valence-corrected chi connectivity index (χ0v) is 8.73. The van der Waals surface area contributed by atoms with Crippen LogP contribution in [-0.4, -0.2) is 12.1 Å². The van der Waals surface area contributed by atoms with E-state index in [-0.39, 0.29) is 12.1 Å². The third kappa shape index (κ3) is 2.11. The Kier molecular flexibility index (Phi) is 2.61. The Morgan fingerprint density at radius 1 is 1.47 bits per heavy atom. The molecular formula is C12H14N2O. The summed E-state index contributed by atoms with van der Waals surface area (Å²) in [4.78, 5) is 0. The van der Waals surface area contributed by atoms with Gasteiger partial charge in [0, 0.05) is 6.04 Å². The van der Waals surface area contributed by atoms with E-state index in [4.69, 9.17) is 15.7 Å². The van der Waals surface area contributed by atoms with Gasteiger partial charge in [-0.05, 0) is 37.5 Å². The van der Waals surface area contributed by atoms with Crippen LogP contribution in [0.3, 0.4) is 0 Å². The van der Waals surface area contributed by atoms with Crippen LogP contribution in [0.25, 0.3) is 0 Å². The standard InChI is InChI=1S/C12H14N2O/c1-8-2-3-12(9(4-8)7-13)15-11-5-10(14)6-11/h2-4,10-11H,5-6,14H2,1H3. The lowest BCUT2D eigenvalue weighted by atomic mass is 9.90. The third-order valence-corrected chi connectivity index (χ3v) is 2.68. The van der Waals surface area contributed by atoms with Gasteiger partial charge in [-0.25, -0.2) is 0 Å². The molecule has 15 heavy (non-hydrogen) atoms. The Labute approximate surface area is 89.5 Å². The molecule has 1 saturated carbocycles. The minimum absolute atomic E-state index is 0.190. The second kappa shape index (κ2) is 3.92. The molecule has 0 saturated heterocycles. The summed E-state index contributed by atoms with van der Waals surface area (Å²) < 4.78 is 5.70. The first-order chi connectivity index (χ1) is 7.19. The first kappa shape index (κ1) is 10.0. The largest absolute Gasteiger partial charge is 0.489 e. The molecule has 0 aliphatic heterocycles. The van der Waals surface area contributed by atoms with E-state index in [0.717, 1.165) is 18.4 Å². The highest BCUT2D eigenvalue weighted by atomic mass is 16.5. The molecule has 0 radical (unpaired) electrons. The normalized spacial score (nSPS) is 24.1. The summed E-state index contributed by atoms with van der Waals surface area (Å²) in [5, 5.41) is 8.94. The van der Waals surface area contributed by atoms with Crippen molar-refractivity contribution in [2.24, 2.45) is 5.73 Å². The van der Waals surface area contributed by atoms with Gasteiger partial charge in [-0.3, -0.25) is 0 Å². The topological polar surface area (TPSA) is 59.0 Å². The molecule has 1 aromatic rings. The fourth-order valence-corrected chi connectivity index (χ4v) is 1.72. The molecule has 1 aromatic carbocycles. The molecule has 1 aliphatic carbocycles. The molecule has 0 amide bonds. The lowest BCUT2D eigenvalue weighted by molar-refractivity contribution is 0.100. The van der Waals surface area contributed by atoms with Crippen molar-refractivity contribution in [3.8, 4) is 11.8 Å². The van der Waals surface area contributed by atoms with E-state index < -0.39 is 0 Å². The summed E-state index contributed by atoms with van der Waals surface area (Å²) in [5.41, 5.74) is 7.35. The number of nitrogens with zero attached hydrogens (tertiary/aromatic N) is 1. The van der Waals surface area contributed by atoms with E-state index in [2.05, 4.69) is 6.07 Å². The lowest BCUT2D eigenvalue weighted by Gasteiger charge is -2.32. The SMILES string of the molecule is Cc1ccc(OC2CC(N)C2)c(C#N)c1. The Hall–Kier alpha value is -1.53. The van der Waals surface area contributed by atoms with Crippen LogP contribution in [0.2, 0.25) is 0 Å². The predicted molar refractivity (Wildman–Crippen MR) is 57.5 cm³/mol. The van der Waals surface area contributed by atoms with Crippen molar-refractivity contribution in [2.45, 2.75) is 31.9 Å². The fourth-order valence-electron chi connectivity index (χ4n) is 1.72. The van der Waals surface area contributed by atoms with Crippen molar-refractivity contribution < 1.29 is 4.74 Å². The summed E-state index contributed by atoms with van der Waals surface area (Å²) >= 11 is 0. The van der Waals surface area contributed by atoms with Gasteiger partial charge < -0.3 is 10.5 Å². The number of hydrogen-bond donors (Lipinski definition) is 1. The molecule has 2 rings (SSSR count). The highest BCUT2D eigenvalue weighted by Crippen LogP contribution is 2.27. The van der Waals surface area contributed by atoms with Crippen LogP contribution >= 0.6 is 0 Å². The van der Waals surface area contributed by atoms with E-state index in [1.165, 1.54) is 0 Å². The van der Waals surface area contributed by atoms with Gasteiger partial charge in [-0.15, -0.1) is 0 Å². The third-order valence-electron chi connectivity index (χ3n) is 2.68. The van der Waals surface area contributed by atoms with Crippen LogP contribution in [0.1, 0.15) is 24.0 Å². The summed E-state index contributed by atoms with van der Waals surface area (Å²) in [7, 11) is 0. The molecule has 0 aromatic heterocycles. The molecule has 1 aliphatic rings. The predicted octanol–water partition coefficient (Wildman–Crippen LogP) is 1.74. The zero-order valence-electron chi connectivity index (χ0n) is 8.73. The molecule has 3 nitrogen and oxygen atoms in total. The van der Waals surface area contributed by atoms with E-state index >= 15 is 0 Å². The van der Waals surface area contributed by atoms with Gasteiger partial charge in [0.05, 0.1) is 5.56 Å². The number of nitrogens with two attached hydrogens (primary N) is 1. The molecule has 2 N–H and O–H groups in total. The quantitative estimate of drug-likeness (QED) is 0.794. The second-order valence-corrected chi connectivity index (χ2v) is 4.08. The van der Waals surface area contributed by atoms with Crippen LogP contribution in [0, 0.1) is 18.3 Å². The summed E-state index contributed by atoms with van der Waals surface area (Å²) in [6, 6.07) is 8.07. The maximum absolute atomic E-state index is 8.94. The van der Waals surface area contributed by atoms with Gasteiger partial charge in [0.2, 0.25) is 0 Å². The number of rotatable bonds is 2. The smallest absolute Gasteiger partial charge is 0.137 e. The van der Waals surface area contributed by atoms with Crippen molar-refractivity contribution in [3.05, 3.63) is 29.3 Å². The molecule has 0 spiro atoms. The summed E-state index contributed by atoms with van der Waals surface area (Å²) in [5.74, 6) is 0.681. The van der Waals surface area contributed by atoms with Crippen molar-refractivity contribution in [2.75, 3.05) is 0 Å². The van der Waals surface area contributed by atoms with Crippen LogP contribution < -0.4 is 10.5 Å². The molecule has 0 heterocycles. The van der Waals surface area contributed by atoms with Gasteiger partial charge in [0.1, 0.15) is 17.9 Å². The van der Waals surface area contributed by atoms with Crippen molar-refractivity contribution in [3.63, 3.8) is 0 Å². The number of nitriles is 1. The van der Waals surface area contributed by atoms with Crippen LogP contribution in [-0.2, 0) is 0 Å². The zero-order chi connectivity index (χ0) is 10.8. The first-order valence-electron chi connectivity index (χ1n) is 5.12. The average molecular weight is 202 g/mol. The monoisotopic (exact) mass is 202 g/mol. The molecule has 78 valence electrons. The fraction of sp³-hybridized carbons (Fsp3) is 0.417. The van der Waals surface area contributed by atoms with Gasteiger partial charge in [0.25, 0.3) is 0 Å². The average Bonchev–Trinajstić information content (AvgIpc) is 2.18. The van der Waals surface area contributed by atoms with Gasteiger partial charge in [-0.1, -0.05) is 6.07 Å². The highest BCUT2D eigenvalue weighted by Gasteiger charge is 2.28. The maximum atomic E-state index is 8.94. The van der Waals surface area contributed by atoms with Crippen molar-refractivity contribution in [1.29, 1.82) is 5.26 Å². The van der Waals surface area contributed by atoms with E-state index in [1.807, 2.05) is 25.1 Å². The minimum Gasteiger partial charge on any atom is -0.489 e. The Balaban J connectivity index is 2.11. The van der Waals surface area contributed by atoms with Gasteiger partial charge in [-0.2, -0.15) is 5.26 Å². The number of ether oxygens (including phenoxy) is 1. The molecule has 1 fully saturated rings. The Morgan fingerprint density at radius 3 is 2.80 bits per heavy atom. The van der Waals surface area contributed by atoms with Gasteiger partial charge in [0.15, 0.2) is 0 Å². The summed E-state index contributed by atoms with van der Waals surface area (Å²) in [6.45, 7) is 1.96. The number of benzene rings is 1. The lowest BCUT2D eigenvalue weighted by Crippen LogP contribution is -2.43. The maximum Gasteiger partial charge on any atom is 0.137 e. The summed E-state index contributed by atoms with van der Waals surface area (Å²) in [6.07, 6.45) is 1.96. The van der Waals surface area contributed by atoms with E-state index in [1.54, 1.807) is 0 Å².